The van der Waals surface area contributed by atoms with Crippen molar-refractivity contribution in [3.05, 3.63) is 102 Å². The molecule has 206 valence electrons. The summed E-state index contributed by atoms with van der Waals surface area (Å²) in [5.41, 5.74) is 0.523. The van der Waals surface area contributed by atoms with Gasteiger partial charge in [-0.25, -0.2) is 9.78 Å². The molecule has 0 unspecified atom stereocenters. The number of alkyl halides is 3. The number of carbonyl (C=O) groups is 1. The Kier molecular flexibility index (Phi) is 8.44. The number of esters is 1. The van der Waals surface area contributed by atoms with Gasteiger partial charge in [-0.3, -0.25) is 4.90 Å². The number of carbonyl (C=O) groups excluding carboxylic acids is 1. The zero-order chi connectivity index (χ0) is 28.0. The van der Waals surface area contributed by atoms with Crippen LogP contribution in [0.2, 0.25) is 0 Å². The molecule has 0 spiro atoms. The van der Waals surface area contributed by atoms with Gasteiger partial charge in [0.2, 0.25) is 0 Å². The minimum absolute atomic E-state index is 0.276. The van der Waals surface area contributed by atoms with Gasteiger partial charge in [0.1, 0.15) is 11.5 Å². The molecule has 2 heterocycles. The van der Waals surface area contributed by atoms with Crippen LogP contribution in [0, 0.1) is 0 Å². The smallest absolute Gasteiger partial charge is 0.416 e. The van der Waals surface area contributed by atoms with E-state index in [0.29, 0.717) is 31.1 Å². The Hall–Kier alpha value is -4.05. The topological polar surface area (TPSA) is 69.7 Å². The normalized spacial score (nSPS) is 12.1. The van der Waals surface area contributed by atoms with Gasteiger partial charge in [-0.1, -0.05) is 12.1 Å². The summed E-state index contributed by atoms with van der Waals surface area (Å²) >= 11 is 0. The molecule has 0 N–H and O–H groups in total. The van der Waals surface area contributed by atoms with E-state index >= 15 is 0 Å². The molecule has 4 rings (SSSR count). The molecule has 10 heteroatoms. The van der Waals surface area contributed by atoms with Gasteiger partial charge < -0.3 is 18.5 Å². The van der Waals surface area contributed by atoms with Crippen LogP contribution in [0.15, 0.2) is 83.9 Å². The van der Waals surface area contributed by atoms with Crippen molar-refractivity contribution in [3.8, 4) is 11.4 Å². The minimum atomic E-state index is -4.38. The lowest BCUT2D eigenvalue weighted by molar-refractivity contribution is -0.158. The number of rotatable bonds is 11. The standard InChI is InChI=1S/C29H30F3N3O4/c1-4-37-27(36)28(2,3)39-25-13-7-21(8-14-25)16-34(19-26-6-5-15-38-26)17-23-18-35(20-33-23)24-11-9-22(10-12-24)29(30,31)32/h5-15,18,20H,4,16-17,19H2,1-3H3. The molecule has 0 radical (unpaired) electrons. The molecule has 0 aliphatic rings. The van der Waals surface area contributed by atoms with E-state index in [1.54, 1.807) is 56.3 Å². The number of hydrogen-bond donors (Lipinski definition) is 0. The van der Waals surface area contributed by atoms with Gasteiger partial charge in [0.05, 0.1) is 37.0 Å². The maximum atomic E-state index is 12.9. The van der Waals surface area contributed by atoms with Gasteiger partial charge >= 0.3 is 12.1 Å². The fourth-order valence-electron chi connectivity index (χ4n) is 3.99. The summed E-state index contributed by atoms with van der Waals surface area (Å²) in [6.07, 6.45) is 0.614. The third-order valence-electron chi connectivity index (χ3n) is 5.94. The number of benzene rings is 2. The molecule has 2 aromatic heterocycles. The summed E-state index contributed by atoms with van der Waals surface area (Å²) in [4.78, 5) is 18.7. The molecule has 0 amide bonds. The lowest BCUT2D eigenvalue weighted by Gasteiger charge is -2.24. The van der Waals surface area contributed by atoms with Crippen LogP contribution in [0.3, 0.4) is 0 Å². The molecule has 0 saturated carbocycles. The molecule has 0 aliphatic heterocycles. The Morgan fingerprint density at radius 1 is 1.00 bits per heavy atom. The third kappa shape index (κ3) is 7.51. The first-order valence-corrected chi connectivity index (χ1v) is 12.4. The second kappa shape index (κ2) is 11.8. The van der Waals surface area contributed by atoms with Crippen molar-refractivity contribution in [2.75, 3.05) is 6.61 Å². The highest BCUT2D eigenvalue weighted by Gasteiger charge is 2.32. The van der Waals surface area contributed by atoms with E-state index < -0.39 is 23.3 Å². The van der Waals surface area contributed by atoms with Crippen LogP contribution in [0.4, 0.5) is 13.2 Å². The van der Waals surface area contributed by atoms with E-state index in [9.17, 15) is 18.0 Å². The average Bonchev–Trinajstić information content (AvgIpc) is 3.57. The zero-order valence-corrected chi connectivity index (χ0v) is 21.9. The molecule has 0 saturated heterocycles. The third-order valence-corrected chi connectivity index (χ3v) is 5.94. The summed E-state index contributed by atoms with van der Waals surface area (Å²) in [5, 5.41) is 0. The van der Waals surface area contributed by atoms with Gasteiger partial charge in [0.15, 0.2) is 5.60 Å². The first-order chi connectivity index (χ1) is 18.5. The van der Waals surface area contributed by atoms with E-state index in [4.69, 9.17) is 13.9 Å². The predicted molar refractivity (Wildman–Crippen MR) is 138 cm³/mol. The Morgan fingerprint density at radius 2 is 1.72 bits per heavy atom. The van der Waals surface area contributed by atoms with Crippen LogP contribution in [0.1, 0.15) is 43.4 Å². The van der Waals surface area contributed by atoms with E-state index in [2.05, 4.69) is 9.88 Å². The number of nitrogens with zero attached hydrogens (tertiary/aromatic N) is 3. The fraction of sp³-hybridized carbons (Fsp3) is 0.310. The van der Waals surface area contributed by atoms with Crippen molar-refractivity contribution in [2.45, 2.75) is 52.2 Å². The molecule has 39 heavy (non-hydrogen) atoms. The minimum Gasteiger partial charge on any atom is -0.476 e. The van der Waals surface area contributed by atoms with Crippen LogP contribution in [0.25, 0.3) is 5.69 Å². The van der Waals surface area contributed by atoms with Crippen molar-refractivity contribution in [1.29, 1.82) is 0 Å². The maximum absolute atomic E-state index is 12.9. The highest BCUT2D eigenvalue weighted by atomic mass is 19.4. The van der Waals surface area contributed by atoms with Crippen molar-refractivity contribution < 1.29 is 31.9 Å². The number of furan rings is 1. The first kappa shape index (κ1) is 28.0. The van der Waals surface area contributed by atoms with Crippen LogP contribution in [0.5, 0.6) is 5.75 Å². The van der Waals surface area contributed by atoms with E-state index in [-0.39, 0.29) is 6.61 Å². The second-order valence-corrected chi connectivity index (χ2v) is 9.52. The lowest BCUT2D eigenvalue weighted by Crippen LogP contribution is -2.39. The van der Waals surface area contributed by atoms with Crippen molar-refractivity contribution in [2.24, 2.45) is 0 Å². The van der Waals surface area contributed by atoms with Crippen LogP contribution in [-0.4, -0.2) is 32.6 Å². The van der Waals surface area contributed by atoms with Crippen molar-refractivity contribution >= 4 is 5.97 Å². The SMILES string of the molecule is CCOC(=O)C(C)(C)Oc1ccc(CN(Cc2cn(-c3ccc(C(F)(F)F)cc3)cn2)Cc2ccco2)cc1. The highest BCUT2D eigenvalue weighted by molar-refractivity contribution is 5.79. The Morgan fingerprint density at radius 3 is 2.33 bits per heavy atom. The van der Waals surface area contributed by atoms with Gasteiger partial charge in [-0.2, -0.15) is 13.2 Å². The fourth-order valence-corrected chi connectivity index (χ4v) is 3.99. The monoisotopic (exact) mass is 541 g/mol. The summed E-state index contributed by atoms with van der Waals surface area (Å²) in [7, 11) is 0. The number of imidazole rings is 1. The second-order valence-electron chi connectivity index (χ2n) is 9.52. The van der Waals surface area contributed by atoms with Gasteiger partial charge in [-0.15, -0.1) is 0 Å². The largest absolute Gasteiger partial charge is 0.476 e. The molecule has 7 nitrogen and oxygen atoms in total. The number of ether oxygens (including phenoxy) is 2. The van der Waals surface area contributed by atoms with Crippen molar-refractivity contribution in [3.63, 3.8) is 0 Å². The van der Waals surface area contributed by atoms with E-state index in [1.165, 1.54) is 12.1 Å². The molecular weight excluding hydrogens is 511 g/mol. The molecular formula is C29H30F3N3O4. The Bertz CT molecular complexity index is 1350. The van der Waals surface area contributed by atoms with Crippen LogP contribution < -0.4 is 4.74 Å². The molecule has 4 aromatic rings. The molecule has 0 bridgehead atoms. The number of halogens is 3. The Balaban J connectivity index is 1.45. The quantitative estimate of drug-likeness (QED) is 0.205. The van der Waals surface area contributed by atoms with Gasteiger partial charge in [0.25, 0.3) is 0 Å². The summed E-state index contributed by atoms with van der Waals surface area (Å²) < 4.78 is 56.9. The Labute approximate surface area is 224 Å². The van der Waals surface area contributed by atoms with E-state index in [0.717, 1.165) is 29.2 Å². The molecule has 0 aliphatic carbocycles. The molecule has 2 aromatic carbocycles. The molecule has 0 fully saturated rings. The van der Waals surface area contributed by atoms with E-state index in [1.807, 2.05) is 24.3 Å². The van der Waals surface area contributed by atoms with Crippen molar-refractivity contribution in [1.82, 2.24) is 14.5 Å². The van der Waals surface area contributed by atoms with Gasteiger partial charge in [-0.05, 0) is 74.9 Å². The maximum Gasteiger partial charge on any atom is 0.416 e. The zero-order valence-electron chi connectivity index (χ0n) is 21.9. The number of hydrogen-bond acceptors (Lipinski definition) is 6. The highest BCUT2D eigenvalue weighted by Crippen LogP contribution is 2.29. The molecule has 0 atom stereocenters. The summed E-state index contributed by atoms with van der Waals surface area (Å²) in [6, 6.07) is 16.1. The summed E-state index contributed by atoms with van der Waals surface area (Å²) in [6.45, 7) is 6.91. The average molecular weight is 542 g/mol. The lowest BCUT2D eigenvalue weighted by atomic mass is 10.1. The first-order valence-electron chi connectivity index (χ1n) is 12.4. The van der Waals surface area contributed by atoms with Gasteiger partial charge in [0, 0.05) is 25.0 Å². The van der Waals surface area contributed by atoms with Crippen LogP contribution >= 0.6 is 0 Å². The predicted octanol–water partition coefficient (Wildman–Crippen LogP) is 6.41. The summed E-state index contributed by atoms with van der Waals surface area (Å²) in [5.74, 6) is 0.896. The van der Waals surface area contributed by atoms with Crippen LogP contribution in [-0.2, 0) is 35.3 Å². The number of aromatic nitrogens is 2.